The maximum atomic E-state index is 6.80. The largest absolute Gasteiger partial charge is 0.456 e. The summed E-state index contributed by atoms with van der Waals surface area (Å²) in [5, 5.41) is 12.7. The smallest absolute Gasteiger partial charge is 0.136 e. The molecule has 0 aliphatic rings. The quantitative estimate of drug-likeness (QED) is 0.0971. The standard InChI is InChI=1S/C68H32B10O/c69-59-56(60(70)64(74)67(77)63(59)73)39-23-26-53-52(30-39)44-25-21-35(32-54(44)79-53)33-17-19-34(20-18-33)40-27-36-9-1-3-11-41(36)50(31-40)51-28-37-10-2-4-12-42(37)49-29-38(22-24-43(49)51)55-45-13-5-7-15-47(45)57(48-16-8-6-14-46(48)55)58-61(71)65(75)68(78)66(76)62(58)72/h1-32H. The van der Waals surface area contributed by atoms with Crippen LogP contribution >= 0.6 is 0 Å². The van der Waals surface area contributed by atoms with Crippen molar-refractivity contribution in [3.05, 3.63) is 194 Å². The second-order valence-corrected chi connectivity index (χ2v) is 20.5. The summed E-state index contributed by atoms with van der Waals surface area (Å²) in [5.74, 6) is 0. The molecule has 0 saturated carbocycles. The maximum absolute atomic E-state index is 6.80. The first kappa shape index (κ1) is 48.9. The molecule has 20 radical (unpaired) electrons. The van der Waals surface area contributed by atoms with Crippen molar-refractivity contribution in [3.8, 4) is 66.8 Å². The Kier molecular flexibility index (Phi) is 11.5. The first-order valence-corrected chi connectivity index (χ1v) is 25.9. The van der Waals surface area contributed by atoms with Crippen LogP contribution in [0.5, 0.6) is 0 Å². The van der Waals surface area contributed by atoms with Crippen LogP contribution in [0.4, 0.5) is 0 Å². The van der Waals surface area contributed by atoms with Crippen molar-refractivity contribution in [2.24, 2.45) is 0 Å². The van der Waals surface area contributed by atoms with Crippen LogP contribution in [-0.2, 0) is 0 Å². The van der Waals surface area contributed by atoms with E-state index in [0.717, 1.165) is 126 Å². The van der Waals surface area contributed by atoms with Crippen molar-refractivity contribution in [1.29, 1.82) is 0 Å². The third kappa shape index (κ3) is 7.60. The number of furan rings is 1. The Morgan fingerprint density at radius 3 is 1.23 bits per heavy atom. The molecule has 0 atom stereocenters. The molecule has 0 amide bonds. The predicted octanol–water partition coefficient (Wildman–Crippen LogP) is 7.29. The van der Waals surface area contributed by atoms with Gasteiger partial charge in [0, 0.05) is 10.8 Å². The van der Waals surface area contributed by atoms with Crippen LogP contribution in [0.2, 0.25) is 0 Å². The number of hydrogen-bond acceptors (Lipinski definition) is 1. The van der Waals surface area contributed by atoms with Gasteiger partial charge in [-0.15, -0.1) is 32.8 Å². The van der Waals surface area contributed by atoms with Gasteiger partial charge in [-0.25, -0.2) is 0 Å². The SMILES string of the molecule is [B]c1c([B])c([B])c(-c2ccc3oc4cc(-c5ccc(-c6cc(-c7cc8ccccc8c8cc(-c9c%10ccccc%10c(-c%10c([B])c([B])c([B])c([B])c%10[B])c%10ccccc9%10)ccc78)c7ccccc7c6)cc5)ccc4c3c2)c([B])c1[B]. The van der Waals surface area contributed by atoms with E-state index in [4.69, 9.17) is 82.9 Å². The summed E-state index contributed by atoms with van der Waals surface area (Å²) in [5.41, 5.74) is 15.3. The monoisotopic (exact) mass is 974 g/mol. The third-order valence-corrected chi connectivity index (χ3v) is 16.2. The molecule has 1 aromatic heterocycles. The lowest BCUT2D eigenvalue weighted by atomic mass is 9.59. The van der Waals surface area contributed by atoms with Gasteiger partial charge in [-0.05, 0) is 169 Å². The van der Waals surface area contributed by atoms with Crippen molar-refractivity contribution >= 4 is 209 Å². The first-order valence-electron chi connectivity index (χ1n) is 25.9. The van der Waals surface area contributed by atoms with Gasteiger partial charge < -0.3 is 4.42 Å². The summed E-state index contributed by atoms with van der Waals surface area (Å²) in [6.45, 7) is 0. The molecule has 14 aromatic rings. The van der Waals surface area contributed by atoms with Crippen molar-refractivity contribution in [1.82, 2.24) is 0 Å². The fourth-order valence-electron chi connectivity index (χ4n) is 12.1. The minimum Gasteiger partial charge on any atom is -0.456 e. The molecule has 340 valence electrons. The third-order valence-electron chi connectivity index (χ3n) is 16.2. The molecule has 0 unspecified atom stereocenters. The molecule has 0 bridgehead atoms. The average molecular weight is 973 g/mol. The lowest BCUT2D eigenvalue weighted by Crippen LogP contribution is -2.55. The van der Waals surface area contributed by atoms with Gasteiger partial charge in [0.1, 0.15) is 89.6 Å². The Morgan fingerprint density at radius 2 is 0.620 bits per heavy atom. The predicted molar refractivity (Wildman–Crippen MR) is 348 cm³/mol. The molecule has 11 heteroatoms. The summed E-state index contributed by atoms with van der Waals surface area (Å²) < 4.78 is 6.43. The molecule has 0 N–H and O–H groups in total. The summed E-state index contributed by atoms with van der Waals surface area (Å²) in [4.78, 5) is 0. The van der Waals surface area contributed by atoms with E-state index in [-0.39, 0.29) is 43.7 Å². The second kappa shape index (κ2) is 18.6. The summed E-state index contributed by atoms with van der Waals surface area (Å²) >= 11 is 0. The van der Waals surface area contributed by atoms with Gasteiger partial charge >= 0.3 is 0 Å². The van der Waals surface area contributed by atoms with E-state index >= 15 is 0 Å². The van der Waals surface area contributed by atoms with Crippen LogP contribution in [0, 0.1) is 0 Å². The Bertz CT molecular complexity index is 4850. The van der Waals surface area contributed by atoms with Gasteiger partial charge in [0.2, 0.25) is 0 Å². The van der Waals surface area contributed by atoms with E-state index in [9.17, 15) is 0 Å². The molecule has 0 aliphatic heterocycles. The van der Waals surface area contributed by atoms with E-state index in [1.54, 1.807) is 0 Å². The molecule has 0 aliphatic carbocycles. The maximum Gasteiger partial charge on any atom is 0.136 e. The Hall–Kier alpha value is -8.39. The van der Waals surface area contributed by atoms with Crippen LogP contribution in [0.3, 0.4) is 0 Å². The van der Waals surface area contributed by atoms with Crippen LogP contribution in [-0.4, -0.2) is 78.5 Å². The van der Waals surface area contributed by atoms with E-state index in [1.165, 1.54) is 5.39 Å². The van der Waals surface area contributed by atoms with Gasteiger partial charge in [-0.1, -0.05) is 167 Å². The van der Waals surface area contributed by atoms with E-state index < -0.39 is 0 Å². The van der Waals surface area contributed by atoms with Gasteiger partial charge in [-0.2, -0.15) is 0 Å². The molecule has 1 nitrogen and oxygen atoms in total. The highest BCUT2D eigenvalue weighted by Gasteiger charge is 2.23. The number of fused-ring (bicyclic) bond motifs is 9. The molecule has 0 fully saturated rings. The minimum atomic E-state index is 0.180. The van der Waals surface area contributed by atoms with Crippen molar-refractivity contribution in [2.45, 2.75) is 0 Å². The van der Waals surface area contributed by atoms with Gasteiger partial charge in [0.05, 0.1) is 0 Å². The second-order valence-electron chi connectivity index (χ2n) is 20.5. The highest BCUT2D eigenvalue weighted by Crippen LogP contribution is 2.46. The molecule has 0 spiro atoms. The molecule has 0 saturated heterocycles. The summed E-state index contributed by atoms with van der Waals surface area (Å²) in [7, 11) is 64.3. The molecule has 79 heavy (non-hydrogen) atoms. The number of hydrogen-bond donors (Lipinski definition) is 0. The normalized spacial score (nSPS) is 11.8. The number of benzene rings is 13. The fourth-order valence-corrected chi connectivity index (χ4v) is 12.1. The van der Waals surface area contributed by atoms with Crippen molar-refractivity contribution < 1.29 is 4.42 Å². The Labute approximate surface area is 471 Å². The van der Waals surface area contributed by atoms with E-state index in [2.05, 4.69) is 164 Å². The Balaban J connectivity index is 0.878. The highest BCUT2D eigenvalue weighted by molar-refractivity contribution is 6.70. The van der Waals surface area contributed by atoms with Crippen LogP contribution in [0.25, 0.3) is 143 Å². The molecule has 13 aromatic carbocycles. The van der Waals surface area contributed by atoms with Gasteiger partial charge in [-0.3, -0.25) is 0 Å². The fraction of sp³-hybridized carbons (Fsp3) is 0. The number of rotatable bonds is 6. The lowest BCUT2D eigenvalue weighted by Gasteiger charge is -2.25. The molecule has 1 heterocycles. The topological polar surface area (TPSA) is 13.1 Å². The molecular weight excluding hydrogens is 941 g/mol. The van der Waals surface area contributed by atoms with Crippen molar-refractivity contribution in [2.75, 3.05) is 0 Å². The first-order chi connectivity index (χ1) is 38.3. The summed E-state index contributed by atoms with van der Waals surface area (Å²) in [6, 6.07) is 68.7. The Morgan fingerprint density at radius 1 is 0.203 bits per heavy atom. The molecule has 14 rings (SSSR count). The van der Waals surface area contributed by atoms with Crippen molar-refractivity contribution in [3.63, 3.8) is 0 Å². The average Bonchev–Trinajstić information content (AvgIpc) is 4.02. The highest BCUT2D eigenvalue weighted by atomic mass is 16.3. The lowest BCUT2D eigenvalue weighted by molar-refractivity contribution is 0.669. The zero-order valence-electron chi connectivity index (χ0n) is 42.7. The van der Waals surface area contributed by atoms with Crippen LogP contribution in [0.1, 0.15) is 0 Å². The van der Waals surface area contributed by atoms with E-state index in [0.29, 0.717) is 22.1 Å². The van der Waals surface area contributed by atoms with Gasteiger partial charge in [0.25, 0.3) is 0 Å². The zero-order valence-corrected chi connectivity index (χ0v) is 42.7. The minimum absolute atomic E-state index is 0.180. The van der Waals surface area contributed by atoms with Gasteiger partial charge in [0.15, 0.2) is 0 Å². The van der Waals surface area contributed by atoms with Crippen LogP contribution in [0.15, 0.2) is 199 Å². The molecular formula is C68H32B10O. The van der Waals surface area contributed by atoms with E-state index in [1.807, 2.05) is 30.3 Å². The summed E-state index contributed by atoms with van der Waals surface area (Å²) in [6.07, 6.45) is 0. The van der Waals surface area contributed by atoms with Crippen LogP contribution < -0.4 is 54.6 Å². The zero-order chi connectivity index (χ0) is 54.1.